The van der Waals surface area contributed by atoms with Crippen molar-refractivity contribution in [3.05, 3.63) is 75.7 Å². The third-order valence-electron chi connectivity index (χ3n) is 4.22. The van der Waals surface area contributed by atoms with Crippen LogP contribution in [0.1, 0.15) is 35.0 Å². The Kier molecular flexibility index (Phi) is 4.93. The summed E-state index contributed by atoms with van der Waals surface area (Å²) in [7, 11) is 0. The second kappa shape index (κ2) is 7.30. The minimum Gasteiger partial charge on any atom is -0.347 e. The highest BCUT2D eigenvalue weighted by Crippen LogP contribution is 2.14. The van der Waals surface area contributed by atoms with E-state index in [9.17, 15) is 9.59 Å². The number of benzene rings is 2. The van der Waals surface area contributed by atoms with Crippen LogP contribution in [0.15, 0.2) is 53.3 Å². The number of carbonyl (C=O) groups excluding carboxylic acids is 1. The molecule has 2 aromatic carbocycles. The molecule has 0 aliphatic rings. The van der Waals surface area contributed by atoms with Crippen molar-refractivity contribution in [2.75, 3.05) is 0 Å². The normalized spacial score (nSPS) is 10.8. The summed E-state index contributed by atoms with van der Waals surface area (Å²) < 4.78 is 1.38. The molecule has 5 nitrogen and oxygen atoms in total. The zero-order chi connectivity index (χ0) is 17.8. The Balaban J connectivity index is 1.96. The lowest BCUT2D eigenvalue weighted by molar-refractivity contribution is 0.0945. The van der Waals surface area contributed by atoms with Crippen LogP contribution in [0.4, 0.5) is 0 Å². The number of nitrogens with one attached hydrogen (secondary N) is 1. The number of aryl methyl sites for hydroxylation is 2. The highest BCUT2D eigenvalue weighted by Gasteiger charge is 2.16. The van der Waals surface area contributed by atoms with Gasteiger partial charge in [-0.3, -0.25) is 9.59 Å². The Morgan fingerprint density at radius 2 is 1.76 bits per heavy atom. The molecule has 1 heterocycles. The van der Waals surface area contributed by atoms with Crippen LogP contribution < -0.4 is 10.9 Å². The summed E-state index contributed by atoms with van der Waals surface area (Å²) in [6.45, 7) is 4.90. The number of rotatable bonds is 5. The first-order valence-corrected chi connectivity index (χ1v) is 8.44. The minimum absolute atomic E-state index is 0.159. The zero-order valence-electron chi connectivity index (χ0n) is 14.5. The Bertz CT molecular complexity index is 976. The third kappa shape index (κ3) is 3.45. The number of aromatic nitrogens is 2. The number of amides is 1. The molecule has 0 radical (unpaired) electrons. The van der Waals surface area contributed by atoms with Crippen molar-refractivity contribution in [2.45, 2.75) is 33.4 Å². The molecule has 1 amide bonds. The average Bonchev–Trinajstić information content (AvgIpc) is 2.63. The molecule has 25 heavy (non-hydrogen) atoms. The smallest absolute Gasteiger partial charge is 0.274 e. The van der Waals surface area contributed by atoms with Gasteiger partial charge in [0.1, 0.15) is 0 Å². The van der Waals surface area contributed by atoms with Crippen molar-refractivity contribution in [3.8, 4) is 0 Å². The SMILES string of the molecule is CCCn1nc(C(=O)NCc2ccccc2C)c2ccccc2c1=O. The van der Waals surface area contributed by atoms with Crippen molar-refractivity contribution in [3.63, 3.8) is 0 Å². The Morgan fingerprint density at radius 3 is 2.48 bits per heavy atom. The molecule has 0 saturated heterocycles. The predicted octanol–water partition coefficient (Wildman–Crippen LogP) is 3.04. The summed E-state index contributed by atoms with van der Waals surface area (Å²) in [5.74, 6) is -0.274. The monoisotopic (exact) mass is 335 g/mol. The molecule has 0 aliphatic heterocycles. The van der Waals surface area contributed by atoms with Gasteiger partial charge in [-0.05, 0) is 30.5 Å². The van der Waals surface area contributed by atoms with Gasteiger partial charge in [-0.25, -0.2) is 4.68 Å². The highest BCUT2D eigenvalue weighted by molar-refractivity contribution is 6.04. The topological polar surface area (TPSA) is 64.0 Å². The van der Waals surface area contributed by atoms with Crippen molar-refractivity contribution in [1.82, 2.24) is 15.1 Å². The Morgan fingerprint density at radius 1 is 1.08 bits per heavy atom. The van der Waals surface area contributed by atoms with E-state index in [1.165, 1.54) is 4.68 Å². The summed E-state index contributed by atoms with van der Waals surface area (Å²) in [5, 5.41) is 8.34. The van der Waals surface area contributed by atoms with E-state index in [0.29, 0.717) is 23.9 Å². The minimum atomic E-state index is -0.274. The van der Waals surface area contributed by atoms with Crippen molar-refractivity contribution >= 4 is 16.7 Å². The largest absolute Gasteiger partial charge is 0.347 e. The molecule has 1 aromatic heterocycles. The van der Waals surface area contributed by atoms with Gasteiger partial charge in [-0.15, -0.1) is 0 Å². The highest BCUT2D eigenvalue weighted by atomic mass is 16.2. The van der Waals surface area contributed by atoms with Gasteiger partial charge in [-0.2, -0.15) is 5.10 Å². The maximum atomic E-state index is 12.7. The lowest BCUT2D eigenvalue weighted by atomic mass is 10.1. The molecule has 3 rings (SSSR count). The molecule has 0 aliphatic carbocycles. The van der Waals surface area contributed by atoms with E-state index in [1.807, 2.05) is 44.2 Å². The van der Waals surface area contributed by atoms with Gasteiger partial charge in [0.2, 0.25) is 0 Å². The van der Waals surface area contributed by atoms with E-state index < -0.39 is 0 Å². The Hall–Kier alpha value is -2.95. The van der Waals surface area contributed by atoms with Crippen LogP contribution in [0.2, 0.25) is 0 Å². The van der Waals surface area contributed by atoms with Gasteiger partial charge < -0.3 is 5.32 Å². The maximum Gasteiger partial charge on any atom is 0.274 e. The number of hydrogen-bond acceptors (Lipinski definition) is 3. The van der Waals surface area contributed by atoms with E-state index in [4.69, 9.17) is 0 Å². The van der Waals surface area contributed by atoms with Gasteiger partial charge >= 0.3 is 0 Å². The van der Waals surface area contributed by atoms with Crippen molar-refractivity contribution in [2.24, 2.45) is 0 Å². The van der Waals surface area contributed by atoms with Crippen molar-refractivity contribution < 1.29 is 4.79 Å². The quantitative estimate of drug-likeness (QED) is 0.779. The van der Waals surface area contributed by atoms with Gasteiger partial charge in [-0.1, -0.05) is 49.4 Å². The van der Waals surface area contributed by atoms with Gasteiger partial charge in [0.15, 0.2) is 5.69 Å². The number of hydrogen-bond donors (Lipinski definition) is 1. The fraction of sp³-hybridized carbons (Fsp3) is 0.250. The first-order valence-electron chi connectivity index (χ1n) is 8.44. The van der Waals surface area contributed by atoms with Crippen LogP contribution >= 0.6 is 0 Å². The lowest BCUT2D eigenvalue weighted by Gasteiger charge is -2.11. The average molecular weight is 335 g/mol. The first-order chi connectivity index (χ1) is 12.1. The third-order valence-corrected chi connectivity index (χ3v) is 4.22. The summed E-state index contributed by atoms with van der Waals surface area (Å²) in [6, 6.07) is 15.0. The molecule has 0 fully saturated rings. The lowest BCUT2D eigenvalue weighted by Crippen LogP contribution is -2.30. The van der Waals surface area contributed by atoms with Crippen LogP contribution in [-0.4, -0.2) is 15.7 Å². The molecule has 1 N–H and O–H groups in total. The predicted molar refractivity (Wildman–Crippen MR) is 98.6 cm³/mol. The maximum absolute atomic E-state index is 12.7. The van der Waals surface area contributed by atoms with Crippen LogP contribution in [0, 0.1) is 6.92 Å². The molecule has 0 atom stereocenters. The molecular formula is C20H21N3O2. The van der Waals surface area contributed by atoms with E-state index in [1.54, 1.807) is 18.2 Å². The molecule has 0 unspecified atom stereocenters. The van der Waals surface area contributed by atoms with E-state index in [0.717, 1.165) is 17.5 Å². The van der Waals surface area contributed by atoms with Gasteiger partial charge in [0, 0.05) is 18.5 Å². The fourth-order valence-electron chi connectivity index (χ4n) is 2.83. The second-order valence-electron chi connectivity index (χ2n) is 6.03. The molecule has 5 heteroatoms. The molecule has 0 saturated carbocycles. The standard InChI is InChI=1S/C20H21N3O2/c1-3-12-23-20(25)17-11-7-6-10-16(17)18(22-23)19(24)21-13-15-9-5-4-8-14(15)2/h4-11H,3,12-13H2,1-2H3,(H,21,24). The Labute approximate surface area is 146 Å². The number of nitrogens with zero attached hydrogens (tertiary/aromatic N) is 2. The summed E-state index contributed by atoms with van der Waals surface area (Å²) in [4.78, 5) is 25.2. The van der Waals surface area contributed by atoms with E-state index in [2.05, 4.69) is 10.4 Å². The van der Waals surface area contributed by atoms with Crippen LogP contribution in [-0.2, 0) is 13.1 Å². The fourth-order valence-corrected chi connectivity index (χ4v) is 2.83. The molecule has 0 bridgehead atoms. The molecule has 3 aromatic rings. The van der Waals surface area contributed by atoms with Gasteiger partial charge in [0.05, 0.1) is 5.39 Å². The molecular weight excluding hydrogens is 314 g/mol. The van der Waals surface area contributed by atoms with Gasteiger partial charge in [0.25, 0.3) is 11.5 Å². The summed E-state index contributed by atoms with van der Waals surface area (Å²) >= 11 is 0. The molecule has 0 spiro atoms. The van der Waals surface area contributed by atoms with E-state index in [-0.39, 0.29) is 17.2 Å². The van der Waals surface area contributed by atoms with Crippen LogP contribution in [0.5, 0.6) is 0 Å². The van der Waals surface area contributed by atoms with Crippen LogP contribution in [0.3, 0.4) is 0 Å². The first kappa shape index (κ1) is 16.9. The number of fused-ring (bicyclic) bond motifs is 1. The van der Waals surface area contributed by atoms with Crippen LogP contribution in [0.25, 0.3) is 10.8 Å². The summed E-state index contributed by atoms with van der Waals surface area (Å²) in [6.07, 6.45) is 0.773. The van der Waals surface area contributed by atoms with Crippen molar-refractivity contribution in [1.29, 1.82) is 0 Å². The van der Waals surface area contributed by atoms with E-state index >= 15 is 0 Å². The zero-order valence-corrected chi connectivity index (χ0v) is 14.5. The molecule has 128 valence electrons. The summed E-state index contributed by atoms with van der Waals surface area (Å²) in [5.41, 5.74) is 2.31. The number of carbonyl (C=O) groups is 1. The second-order valence-corrected chi connectivity index (χ2v) is 6.03.